The van der Waals surface area contributed by atoms with Crippen molar-refractivity contribution in [3.63, 3.8) is 0 Å². The first-order valence-electron chi connectivity index (χ1n) is 6.64. The Morgan fingerprint density at radius 3 is 2.67 bits per heavy atom. The van der Waals surface area contributed by atoms with Crippen LogP contribution >= 0.6 is 15.9 Å². The Balaban J connectivity index is 2.12. The predicted octanol–water partition coefficient (Wildman–Crippen LogP) is 2.74. The van der Waals surface area contributed by atoms with Crippen LogP contribution in [0.4, 0.5) is 10.1 Å². The van der Waals surface area contributed by atoms with Gasteiger partial charge in [-0.2, -0.15) is 0 Å². The topological polar surface area (TPSA) is 95.1 Å². The molecule has 2 aromatic carbocycles. The molecule has 0 fully saturated rings. The fourth-order valence-electron chi connectivity index (χ4n) is 2.73. The van der Waals surface area contributed by atoms with Crippen LogP contribution in [0, 0.1) is 15.9 Å². The molecule has 0 spiro atoms. The molecule has 24 heavy (non-hydrogen) atoms. The van der Waals surface area contributed by atoms with Crippen molar-refractivity contribution in [1.29, 1.82) is 0 Å². The van der Waals surface area contributed by atoms with E-state index in [1.807, 2.05) is 0 Å². The van der Waals surface area contributed by atoms with Crippen molar-refractivity contribution in [2.45, 2.75) is 0 Å². The zero-order valence-corrected chi connectivity index (χ0v) is 13.2. The predicted molar refractivity (Wildman–Crippen MR) is 85.1 cm³/mol. The van der Waals surface area contributed by atoms with Crippen molar-refractivity contribution < 1.29 is 14.1 Å². The molecule has 0 saturated carbocycles. The molecule has 0 atom stereocenters. The van der Waals surface area contributed by atoms with Crippen LogP contribution in [0.1, 0.15) is 16.2 Å². The number of hydrogen-bond donors (Lipinski definition) is 0. The highest BCUT2D eigenvalue weighted by molar-refractivity contribution is 9.10. The number of halogens is 2. The summed E-state index contributed by atoms with van der Waals surface area (Å²) in [5.41, 5.74) is -0.514. The van der Waals surface area contributed by atoms with Gasteiger partial charge in [-0.3, -0.25) is 24.3 Å². The van der Waals surface area contributed by atoms with Crippen molar-refractivity contribution >= 4 is 38.3 Å². The van der Waals surface area contributed by atoms with Crippen LogP contribution in [0.5, 0.6) is 0 Å². The van der Waals surface area contributed by atoms with E-state index in [1.165, 1.54) is 12.1 Å². The molecule has 0 N–H and O–H groups in total. The lowest BCUT2D eigenvalue weighted by molar-refractivity contribution is -0.384. The molecule has 1 aliphatic heterocycles. The van der Waals surface area contributed by atoms with Gasteiger partial charge in [0.15, 0.2) is 5.82 Å². The second-order valence-electron chi connectivity index (χ2n) is 5.15. The summed E-state index contributed by atoms with van der Waals surface area (Å²) < 4.78 is 14.9. The monoisotopic (exact) mass is 389 g/mol. The maximum atomic E-state index is 13.6. The number of rotatable bonds is 1. The Morgan fingerprint density at radius 1 is 1.21 bits per heavy atom. The van der Waals surface area contributed by atoms with Crippen molar-refractivity contribution in [1.82, 2.24) is 9.55 Å². The third kappa shape index (κ3) is 1.84. The van der Waals surface area contributed by atoms with Crippen LogP contribution in [0.25, 0.3) is 16.6 Å². The molecule has 0 aliphatic carbocycles. The van der Waals surface area contributed by atoms with Crippen LogP contribution in [0.15, 0.2) is 39.6 Å². The number of nitrogens with zero attached hydrogens (tertiary/aromatic N) is 3. The second kappa shape index (κ2) is 4.78. The van der Waals surface area contributed by atoms with Crippen molar-refractivity contribution in [2.75, 3.05) is 0 Å². The SMILES string of the molecule is O=C1c2cc([N+](=O)[O-])ccc2-n2c1nc1c(Br)cc(F)cc1c2=O. The molecule has 0 unspecified atom stereocenters. The summed E-state index contributed by atoms with van der Waals surface area (Å²) in [6, 6.07) is 5.79. The molecule has 0 bridgehead atoms. The number of aromatic nitrogens is 2. The average Bonchev–Trinajstić information content (AvgIpc) is 2.81. The Kier molecular flexibility index (Phi) is 2.91. The number of non-ortho nitro benzene ring substituents is 1. The van der Waals surface area contributed by atoms with Crippen molar-refractivity contribution in [3.8, 4) is 5.69 Å². The molecule has 0 radical (unpaired) electrons. The number of nitro benzene ring substituents is 1. The molecule has 2 heterocycles. The smallest absolute Gasteiger partial charge is 0.270 e. The summed E-state index contributed by atoms with van der Waals surface area (Å²) in [7, 11) is 0. The van der Waals surface area contributed by atoms with Crippen LogP contribution in [-0.4, -0.2) is 20.3 Å². The molecule has 0 amide bonds. The zero-order valence-electron chi connectivity index (χ0n) is 11.6. The third-order valence-electron chi connectivity index (χ3n) is 3.77. The summed E-state index contributed by atoms with van der Waals surface area (Å²) in [5, 5.41) is 10.9. The first kappa shape index (κ1) is 14.6. The third-order valence-corrected chi connectivity index (χ3v) is 4.38. The minimum atomic E-state index is -0.630. The normalized spacial score (nSPS) is 12.3. The Morgan fingerprint density at radius 2 is 1.96 bits per heavy atom. The van der Waals surface area contributed by atoms with E-state index in [2.05, 4.69) is 20.9 Å². The molecular formula is C15H5BrFN3O4. The maximum absolute atomic E-state index is 13.6. The van der Waals surface area contributed by atoms with Gasteiger partial charge in [0.1, 0.15) is 5.82 Å². The minimum absolute atomic E-state index is 0.00428. The number of benzene rings is 2. The van der Waals surface area contributed by atoms with Crippen LogP contribution in [0.2, 0.25) is 0 Å². The second-order valence-corrected chi connectivity index (χ2v) is 6.00. The van der Waals surface area contributed by atoms with Gasteiger partial charge in [0.05, 0.1) is 27.1 Å². The lowest BCUT2D eigenvalue weighted by Gasteiger charge is -2.06. The van der Waals surface area contributed by atoms with Crippen molar-refractivity contribution in [2.24, 2.45) is 0 Å². The van der Waals surface area contributed by atoms with E-state index in [1.54, 1.807) is 0 Å². The van der Waals surface area contributed by atoms with E-state index < -0.39 is 22.1 Å². The molecule has 7 nitrogen and oxygen atoms in total. The number of carbonyl (C=O) groups is 1. The van der Waals surface area contributed by atoms with Crippen molar-refractivity contribution in [3.05, 3.63) is 72.5 Å². The van der Waals surface area contributed by atoms with Crippen LogP contribution in [0.3, 0.4) is 0 Å². The van der Waals surface area contributed by atoms with Gasteiger partial charge in [-0.05, 0) is 34.1 Å². The van der Waals surface area contributed by atoms with Crippen LogP contribution in [-0.2, 0) is 0 Å². The van der Waals surface area contributed by atoms with E-state index in [-0.39, 0.29) is 38.1 Å². The first-order valence-corrected chi connectivity index (χ1v) is 7.43. The van der Waals surface area contributed by atoms with Gasteiger partial charge >= 0.3 is 0 Å². The zero-order chi connectivity index (χ0) is 17.2. The van der Waals surface area contributed by atoms with E-state index in [0.717, 1.165) is 22.8 Å². The molecule has 9 heteroatoms. The highest BCUT2D eigenvalue weighted by atomic mass is 79.9. The number of fused-ring (bicyclic) bond motifs is 4. The standard InChI is InChI=1S/C15H5BrFN3O4/c16-10-4-6(17)3-9-12(10)18-14-13(21)8-5-7(20(23)24)1-2-11(8)19(14)15(9)22/h1-5H. The lowest BCUT2D eigenvalue weighted by atomic mass is 10.1. The fraction of sp³-hybridized carbons (Fsp3) is 0. The molecule has 0 saturated heterocycles. The number of nitro groups is 1. The maximum Gasteiger partial charge on any atom is 0.270 e. The first-order chi connectivity index (χ1) is 11.4. The molecule has 1 aliphatic rings. The molecule has 4 rings (SSSR count). The van der Waals surface area contributed by atoms with Gasteiger partial charge in [-0.25, -0.2) is 9.37 Å². The molecule has 1 aromatic heterocycles. The largest absolute Gasteiger partial charge is 0.285 e. The number of ketones is 1. The van der Waals surface area contributed by atoms with Gasteiger partial charge < -0.3 is 0 Å². The number of carbonyl (C=O) groups excluding carboxylic acids is 1. The van der Waals surface area contributed by atoms with Gasteiger partial charge in [-0.15, -0.1) is 0 Å². The highest BCUT2D eigenvalue weighted by Crippen LogP contribution is 2.31. The summed E-state index contributed by atoms with van der Waals surface area (Å²) in [6.45, 7) is 0. The Hall–Kier alpha value is -2.94. The minimum Gasteiger partial charge on any atom is -0.285 e. The molecule has 3 aromatic rings. The number of hydrogen-bond acceptors (Lipinski definition) is 5. The highest BCUT2D eigenvalue weighted by Gasteiger charge is 2.32. The van der Waals surface area contributed by atoms with Gasteiger partial charge in [0, 0.05) is 16.6 Å². The van der Waals surface area contributed by atoms with E-state index in [4.69, 9.17) is 0 Å². The van der Waals surface area contributed by atoms with E-state index >= 15 is 0 Å². The fourth-order valence-corrected chi connectivity index (χ4v) is 3.25. The summed E-state index contributed by atoms with van der Waals surface area (Å²) in [4.78, 5) is 39.6. The van der Waals surface area contributed by atoms with Gasteiger partial charge in [-0.1, -0.05) is 0 Å². The summed E-state index contributed by atoms with van der Waals surface area (Å²) in [6.07, 6.45) is 0. The van der Waals surface area contributed by atoms with E-state index in [0.29, 0.717) is 0 Å². The molecular weight excluding hydrogens is 385 g/mol. The Labute approximate surface area is 140 Å². The quantitative estimate of drug-likeness (QED) is 0.368. The van der Waals surface area contributed by atoms with E-state index in [9.17, 15) is 24.1 Å². The summed E-state index contributed by atoms with van der Waals surface area (Å²) >= 11 is 3.12. The van der Waals surface area contributed by atoms with Gasteiger partial charge in [0.2, 0.25) is 5.78 Å². The van der Waals surface area contributed by atoms with Gasteiger partial charge in [0.25, 0.3) is 11.2 Å². The van der Waals surface area contributed by atoms with Crippen LogP contribution < -0.4 is 5.56 Å². The molecule has 118 valence electrons. The Bertz CT molecular complexity index is 1160. The lowest BCUT2D eigenvalue weighted by Crippen LogP contribution is -2.21. The summed E-state index contributed by atoms with van der Waals surface area (Å²) in [5.74, 6) is -1.37. The average molecular weight is 390 g/mol.